The lowest BCUT2D eigenvalue weighted by Gasteiger charge is -2.25. The lowest BCUT2D eigenvalue weighted by atomic mass is 10.2. The highest BCUT2D eigenvalue weighted by atomic mass is 16.5. The van der Waals surface area contributed by atoms with Crippen LogP contribution < -0.4 is 24.8 Å². The topological polar surface area (TPSA) is 89.1 Å². The molecule has 0 bridgehead atoms. The summed E-state index contributed by atoms with van der Waals surface area (Å²) in [7, 11) is 3.05. The number of carbonyl (C=O) groups is 2. The molecule has 1 aliphatic rings. The van der Waals surface area contributed by atoms with Crippen molar-refractivity contribution in [1.82, 2.24) is 4.90 Å². The normalized spacial score (nSPS) is 15.4. The summed E-state index contributed by atoms with van der Waals surface area (Å²) in [5.74, 6) is 1.28. The maximum atomic E-state index is 13.0. The van der Waals surface area contributed by atoms with Crippen LogP contribution in [0.15, 0.2) is 42.5 Å². The molecule has 0 spiro atoms. The van der Waals surface area contributed by atoms with Crippen molar-refractivity contribution in [2.75, 3.05) is 38.0 Å². The molecule has 1 aliphatic heterocycles. The van der Waals surface area contributed by atoms with Crippen LogP contribution in [-0.2, 0) is 4.79 Å². The minimum absolute atomic E-state index is 0.288. The highest BCUT2D eigenvalue weighted by Gasteiger charge is 2.35. The Labute approximate surface area is 176 Å². The number of rotatable bonds is 7. The van der Waals surface area contributed by atoms with Crippen LogP contribution >= 0.6 is 0 Å². The monoisotopic (exact) mass is 413 g/mol. The summed E-state index contributed by atoms with van der Waals surface area (Å²) in [6, 6.07) is 11.5. The number of likely N-dealkylation sites (tertiary alicyclic amines) is 1. The van der Waals surface area contributed by atoms with Gasteiger partial charge in [0, 0.05) is 6.54 Å². The van der Waals surface area contributed by atoms with E-state index >= 15 is 0 Å². The second-order valence-corrected chi connectivity index (χ2v) is 6.74. The standard InChI is InChI=1S/C22H27N3O5/c1-4-30-17-11-6-5-9-15(17)23-22(27)25-14-8-10-16(25)21(26)24-20-18(28-2)12-7-13-19(20)29-3/h5-7,9,11-13,16H,4,8,10,14H2,1-3H3,(H,23,27)(H,24,26). The van der Waals surface area contributed by atoms with Crippen molar-refractivity contribution >= 4 is 23.3 Å². The largest absolute Gasteiger partial charge is 0.494 e. The zero-order valence-electron chi connectivity index (χ0n) is 17.4. The number of hydrogen-bond donors (Lipinski definition) is 2. The first-order chi connectivity index (χ1) is 14.6. The van der Waals surface area contributed by atoms with E-state index in [0.717, 1.165) is 6.42 Å². The van der Waals surface area contributed by atoms with Crippen LogP contribution in [0.5, 0.6) is 17.2 Å². The summed E-state index contributed by atoms with van der Waals surface area (Å²) >= 11 is 0. The fourth-order valence-electron chi connectivity index (χ4n) is 3.50. The lowest BCUT2D eigenvalue weighted by molar-refractivity contribution is -0.119. The Kier molecular flexibility index (Phi) is 7.00. The Morgan fingerprint density at radius 3 is 2.33 bits per heavy atom. The molecule has 1 unspecified atom stereocenters. The molecular formula is C22H27N3O5. The number of nitrogens with zero attached hydrogens (tertiary/aromatic N) is 1. The zero-order chi connectivity index (χ0) is 21.5. The first-order valence-electron chi connectivity index (χ1n) is 9.90. The molecule has 2 aromatic rings. The Hall–Kier alpha value is -3.42. The molecule has 3 amide bonds. The summed E-state index contributed by atoms with van der Waals surface area (Å²) in [5.41, 5.74) is 1.02. The maximum Gasteiger partial charge on any atom is 0.322 e. The smallest absolute Gasteiger partial charge is 0.322 e. The van der Waals surface area contributed by atoms with E-state index in [1.165, 1.54) is 14.2 Å². The summed E-state index contributed by atoms with van der Waals surface area (Å²) in [6.07, 6.45) is 1.31. The van der Waals surface area contributed by atoms with Crippen LogP contribution in [0.1, 0.15) is 19.8 Å². The molecule has 0 aromatic heterocycles. The first kappa shape index (κ1) is 21.3. The van der Waals surface area contributed by atoms with Crippen LogP contribution in [-0.4, -0.2) is 50.3 Å². The molecule has 2 aromatic carbocycles. The van der Waals surface area contributed by atoms with Crippen LogP contribution in [0, 0.1) is 0 Å². The number of amides is 3. The Morgan fingerprint density at radius 1 is 1.00 bits per heavy atom. The predicted molar refractivity (Wildman–Crippen MR) is 115 cm³/mol. The van der Waals surface area contributed by atoms with Gasteiger partial charge in [-0.2, -0.15) is 0 Å². The van der Waals surface area contributed by atoms with Gasteiger partial charge in [0.25, 0.3) is 0 Å². The molecule has 30 heavy (non-hydrogen) atoms. The number of carbonyl (C=O) groups excluding carboxylic acids is 2. The van der Waals surface area contributed by atoms with Gasteiger partial charge in [0.1, 0.15) is 29.0 Å². The number of anilines is 2. The van der Waals surface area contributed by atoms with Gasteiger partial charge in [0.15, 0.2) is 0 Å². The number of ether oxygens (including phenoxy) is 3. The second-order valence-electron chi connectivity index (χ2n) is 6.74. The number of hydrogen-bond acceptors (Lipinski definition) is 5. The van der Waals surface area contributed by atoms with E-state index in [0.29, 0.717) is 48.2 Å². The molecule has 1 heterocycles. The fraction of sp³-hybridized carbons (Fsp3) is 0.364. The summed E-state index contributed by atoms with van der Waals surface area (Å²) < 4.78 is 16.2. The molecule has 1 fully saturated rings. The third kappa shape index (κ3) is 4.59. The van der Waals surface area contributed by atoms with Gasteiger partial charge in [-0.15, -0.1) is 0 Å². The van der Waals surface area contributed by atoms with Crippen molar-refractivity contribution in [1.29, 1.82) is 0 Å². The van der Waals surface area contributed by atoms with Gasteiger partial charge in [-0.25, -0.2) is 4.79 Å². The van der Waals surface area contributed by atoms with Crippen molar-refractivity contribution < 1.29 is 23.8 Å². The Balaban J connectivity index is 1.74. The van der Waals surface area contributed by atoms with E-state index in [1.54, 1.807) is 35.2 Å². The molecular weight excluding hydrogens is 386 g/mol. The van der Waals surface area contributed by atoms with Gasteiger partial charge in [-0.3, -0.25) is 4.79 Å². The maximum absolute atomic E-state index is 13.0. The van der Waals surface area contributed by atoms with E-state index in [1.807, 2.05) is 19.1 Å². The van der Waals surface area contributed by atoms with Crippen molar-refractivity contribution in [3.8, 4) is 17.2 Å². The number of urea groups is 1. The molecule has 0 radical (unpaired) electrons. The molecule has 1 saturated heterocycles. The first-order valence-corrected chi connectivity index (χ1v) is 9.90. The van der Waals surface area contributed by atoms with Crippen LogP contribution in [0.3, 0.4) is 0 Å². The highest BCUT2D eigenvalue weighted by Crippen LogP contribution is 2.35. The summed E-state index contributed by atoms with van der Waals surface area (Å²) in [4.78, 5) is 27.5. The molecule has 2 N–H and O–H groups in total. The van der Waals surface area contributed by atoms with E-state index in [9.17, 15) is 9.59 Å². The van der Waals surface area contributed by atoms with Crippen LogP contribution in [0.25, 0.3) is 0 Å². The molecule has 1 atom stereocenters. The zero-order valence-corrected chi connectivity index (χ0v) is 17.4. The van der Waals surface area contributed by atoms with Crippen molar-refractivity contribution in [3.05, 3.63) is 42.5 Å². The molecule has 3 rings (SSSR count). The highest BCUT2D eigenvalue weighted by molar-refractivity contribution is 6.01. The number of methoxy groups -OCH3 is 2. The predicted octanol–water partition coefficient (Wildman–Crippen LogP) is 3.74. The minimum Gasteiger partial charge on any atom is -0.494 e. The Bertz CT molecular complexity index is 880. The number of nitrogens with one attached hydrogen (secondary N) is 2. The average Bonchev–Trinajstić information content (AvgIpc) is 3.25. The third-order valence-electron chi connectivity index (χ3n) is 4.92. The number of benzene rings is 2. The third-order valence-corrected chi connectivity index (χ3v) is 4.92. The average molecular weight is 413 g/mol. The van der Waals surface area contributed by atoms with Gasteiger partial charge in [-0.05, 0) is 44.0 Å². The molecule has 160 valence electrons. The number of para-hydroxylation sites is 3. The van der Waals surface area contributed by atoms with Gasteiger partial charge in [-0.1, -0.05) is 18.2 Å². The van der Waals surface area contributed by atoms with Crippen molar-refractivity contribution in [2.45, 2.75) is 25.8 Å². The Morgan fingerprint density at radius 2 is 1.67 bits per heavy atom. The molecule has 8 nitrogen and oxygen atoms in total. The quantitative estimate of drug-likeness (QED) is 0.722. The van der Waals surface area contributed by atoms with E-state index in [-0.39, 0.29) is 11.9 Å². The van der Waals surface area contributed by atoms with Gasteiger partial charge >= 0.3 is 6.03 Å². The van der Waals surface area contributed by atoms with Gasteiger partial charge < -0.3 is 29.7 Å². The molecule has 0 aliphatic carbocycles. The second kappa shape index (κ2) is 9.87. The minimum atomic E-state index is -0.598. The summed E-state index contributed by atoms with van der Waals surface area (Å²) in [5, 5.41) is 5.73. The lowest BCUT2D eigenvalue weighted by Crippen LogP contribution is -2.45. The van der Waals surface area contributed by atoms with Gasteiger partial charge in [0.2, 0.25) is 5.91 Å². The molecule has 8 heteroatoms. The fourth-order valence-corrected chi connectivity index (χ4v) is 3.50. The molecule has 0 saturated carbocycles. The van der Waals surface area contributed by atoms with Crippen molar-refractivity contribution in [2.24, 2.45) is 0 Å². The van der Waals surface area contributed by atoms with Gasteiger partial charge in [0.05, 0.1) is 26.5 Å². The SMILES string of the molecule is CCOc1ccccc1NC(=O)N1CCCC1C(=O)Nc1c(OC)cccc1OC. The van der Waals surface area contributed by atoms with E-state index in [2.05, 4.69) is 10.6 Å². The van der Waals surface area contributed by atoms with Crippen LogP contribution in [0.4, 0.5) is 16.2 Å². The summed E-state index contributed by atoms with van der Waals surface area (Å²) in [6.45, 7) is 2.86. The van der Waals surface area contributed by atoms with E-state index < -0.39 is 6.04 Å². The van der Waals surface area contributed by atoms with E-state index in [4.69, 9.17) is 14.2 Å². The van der Waals surface area contributed by atoms with Crippen molar-refractivity contribution in [3.63, 3.8) is 0 Å². The van der Waals surface area contributed by atoms with Crippen LogP contribution in [0.2, 0.25) is 0 Å².